The second kappa shape index (κ2) is 6.04. The summed E-state index contributed by atoms with van der Waals surface area (Å²) in [5.41, 5.74) is 1.64. The topological polar surface area (TPSA) is 32.3 Å². The van der Waals surface area contributed by atoms with Gasteiger partial charge >= 0.3 is 0 Å². The third kappa shape index (κ3) is 3.46. The molecule has 1 heterocycles. The molecule has 0 aliphatic carbocycles. The van der Waals surface area contributed by atoms with E-state index in [4.69, 9.17) is 0 Å². The highest BCUT2D eigenvalue weighted by Crippen LogP contribution is 2.18. The summed E-state index contributed by atoms with van der Waals surface area (Å²) in [6.07, 6.45) is 3.35. The van der Waals surface area contributed by atoms with Crippen LogP contribution in [0.3, 0.4) is 0 Å². The highest BCUT2D eigenvalue weighted by molar-refractivity contribution is 5.81. The molecule has 0 radical (unpaired) electrons. The van der Waals surface area contributed by atoms with Crippen molar-refractivity contribution < 1.29 is 9.18 Å². The van der Waals surface area contributed by atoms with Gasteiger partial charge in [-0.2, -0.15) is 0 Å². The third-order valence-electron chi connectivity index (χ3n) is 3.75. The normalized spacial score (nSPS) is 19.3. The van der Waals surface area contributed by atoms with Crippen LogP contribution in [0.4, 0.5) is 10.1 Å². The third-order valence-corrected chi connectivity index (χ3v) is 3.75. The first kappa shape index (κ1) is 13.8. The maximum absolute atomic E-state index is 13.2. The molecule has 1 fully saturated rings. The van der Waals surface area contributed by atoms with Gasteiger partial charge in [-0.25, -0.2) is 4.39 Å². The van der Waals surface area contributed by atoms with E-state index in [0.717, 1.165) is 24.9 Å². The summed E-state index contributed by atoms with van der Waals surface area (Å²) in [5.74, 6) is -0.192. The van der Waals surface area contributed by atoms with Crippen molar-refractivity contribution in [3.05, 3.63) is 29.6 Å². The number of aryl methyl sites for hydroxylation is 1. The zero-order chi connectivity index (χ0) is 13.8. The van der Waals surface area contributed by atoms with Gasteiger partial charge in [-0.1, -0.05) is 6.07 Å². The summed E-state index contributed by atoms with van der Waals surface area (Å²) >= 11 is 0. The van der Waals surface area contributed by atoms with Crippen LogP contribution in [0.25, 0.3) is 0 Å². The number of carbonyl (C=O) groups is 1. The van der Waals surface area contributed by atoms with E-state index < -0.39 is 0 Å². The van der Waals surface area contributed by atoms with Crippen LogP contribution < -0.4 is 5.32 Å². The van der Waals surface area contributed by atoms with Gasteiger partial charge < -0.3 is 10.2 Å². The van der Waals surface area contributed by atoms with Crippen LogP contribution >= 0.6 is 0 Å². The molecule has 1 saturated heterocycles. The van der Waals surface area contributed by atoms with Crippen molar-refractivity contribution in [1.29, 1.82) is 0 Å². The predicted molar refractivity (Wildman–Crippen MR) is 74.7 cm³/mol. The number of nitrogens with zero attached hydrogens (tertiary/aromatic N) is 1. The van der Waals surface area contributed by atoms with Crippen LogP contribution in [0.15, 0.2) is 18.2 Å². The summed E-state index contributed by atoms with van der Waals surface area (Å²) in [6.45, 7) is 5.05. The van der Waals surface area contributed by atoms with Crippen molar-refractivity contribution in [3.63, 3.8) is 0 Å². The van der Waals surface area contributed by atoms with Crippen molar-refractivity contribution in [3.8, 4) is 0 Å². The number of hydrogen-bond acceptors (Lipinski definition) is 2. The number of carbonyl (C=O) groups excluding carboxylic acids is 1. The van der Waals surface area contributed by atoms with Crippen molar-refractivity contribution in [2.45, 2.75) is 39.2 Å². The Morgan fingerprint density at radius 3 is 3.00 bits per heavy atom. The van der Waals surface area contributed by atoms with E-state index in [1.807, 2.05) is 11.8 Å². The van der Waals surface area contributed by atoms with Gasteiger partial charge in [0.25, 0.3) is 0 Å². The lowest BCUT2D eigenvalue weighted by Gasteiger charge is -2.33. The van der Waals surface area contributed by atoms with Gasteiger partial charge in [0.15, 0.2) is 0 Å². The lowest BCUT2D eigenvalue weighted by molar-refractivity contribution is -0.132. The Kier molecular flexibility index (Phi) is 4.40. The molecule has 2 rings (SSSR count). The van der Waals surface area contributed by atoms with Gasteiger partial charge in [0.2, 0.25) is 5.91 Å². The Morgan fingerprint density at radius 2 is 2.26 bits per heavy atom. The number of halogens is 1. The first-order valence-electron chi connectivity index (χ1n) is 6.87. The van der Waals surface area contributed by atoms with Crippen molar-refractivity contribution >= 4 is 11.6 Å². The van der Waals surface area contributed by atoms with E-state index in [1.165, 1.54) is 18.6 Å². The molecule has 19 heavy (non-hydrogen) atoms. The van der Waals surface area contributed by atoms with E-state index in [1.54, 1.807) is 6.07 Å². The fraction of sp³-hybridized carbons (Fsp3) is 0.533. The summed E-state index contributed by atoms with van der Waals surface area (Å²) in [7, 11) is 0. The fourth-order valence-electron chi connectivity index (χ4n) is 2.53. The molecule has 0 aromatic heterocycles. The quantitative estimate of drug-likeness (QED) is 0.910. The molecular formula is C15H21FN2O. The maximum Gasteiger partial charge on any atom is 0.242 e. The van der Waals surface area contributed by atoms with Gasteiger partial charge in [-0.3, -0.25) is 4.79 Å². The standard InChI is InChI=1S/C15H21FN2O/c1-11-6-7-13(16)9-14(11)17-10-15(19)18-8-4-3-5-12(18)2/h6-7,9,12,17H,3-5,8,10H2,1-2H3. The molecule has 1 aliphatic rings. The molecule has 1 N–H and O–H groups in total. The molecule has 0 bridgehead atoms. The molecule has 1 atom stereocenters. The molecule has 0 spiro atoms. The lowest BCUT2D eigenvalue weighted by atomic mass is 10.0. The van der Waals surface area contributed by atoms with Gasteiger partial charge in [0, 0.05) is 18.3 Å². The minimum Gasteiger partial charge on any atom is -0.376 e. The highest BCUT2D eigenvalue weighted by atomic mass is 19.1. The zero-order valence-corrected chi connectivity index (χ0v) is 11.6. The second-order valence-corrected chi connectivity index (χ2v) is 5.24. The average Bonchev–Trinajstić information content (AvgIpc) is 2.40. The number of amides is 1. The zero-order valence-electron chi connectivity index (χ0n) is 11.6. The van der Waals surface area contributed by atoms with Crippen LogP contribution in [0.5, 0.6) is 0 Å². The van der Waals surface area contributed by atoms with Crippen LogP contribution in [0.2, 0.25) is 0 Å². The minimum absolute atomic E-state index is 0.0934. The molecule has 4 heteroatoms. The smallest absolute Gasteiger partial charge is 0.242 e. The molecule has 1 aromatic rings. The molecule has 104 valence electrons. The van der Waals surface area contributed by atoms with Crippen LogP contribution in [0.1, 0.15) is 31.7 Å². The van der Waals surface area contributed by atoms with E-state index in [-0.39, 0.29) is 18.3 Å². The van der Waals surface area contributed by atoms with Gasteiger partial charge in [-0.05, 0) is 50.8 Å². The molecule has 0 saturated carbocycles. The molecule has 1 amide bonds. The second-order valence-electron chi connectivity index (χ2n) is 5.24. The van der Waals surface area contributed by atoms with Crippen molar-refractivity contribution in [2.75, 3.05) is 18.4 Å². The van der Waals surface area contributed by atoms with Gasteiger partial charge in [0.05, 0.1) is 6.54 Å². The van der Waals surface area contributed by atoms with E-state index >= 15 is 0 Å². The monoisotopic (exact) mass is 264 g/mol. The number of piperidine rings is 1. The number of hydrogen-bond donors (Lipinski definition) is 1. The van der Waals surface area contributed by atoms with E-state index in [2.05, 4.69) is 12.2 Å². The molecule has 3 nitrogen and oxygen atoms in total. The predicted octanol–water partition coefficient (Wildman–Crippen LogP) is 2.95. The number of rotatable bonds is 3. The van der Waals surface area contributed by atoms with E-state index in [9.17, 15) is 9.18 Å². The Morgan fingerprint density at radius 1 is 1.47 bits per heavy atom. The summed E-state index contributed by atoms with van der Waals surface area (Å²) < 4.78 is 13.2. The molecule has 1 unspecified atom stereocenters. The fourth-order valence-corrected chi connectivity index (χ4v) is 2.53. The SMILES string of the molecule is Cc1ccc(F)cc1NCC(=O)N1CCCCC1C. The van der Waals surface area contributed by atoms with Gasteiger partial charge in [-0.15, -0.1) is 0 Å². The Labute approximate surface area is 113 Å². The first-order chi connectivity index (χ1) is 9.08. The maximum atomic E-state index is 13.2. The van der Waals surface area contributed by atoms with Crippen LogP contribution in [-0.2, 0) is 4.79 Å². The Hall–Kier alpha value is -1.58. The highest BCUT2D eigenvalue weighted by Gasteiger charge is 2.22. The minimum atomic E-state index is -0.285. The molecule has 1 aliphatic heterocycles. The molecular weight excluding hydrogens is 243 g/mol. The number of benzene rings is 1. The van der Waals surface area contributed by atoms with Crippen molar-refractivity contribution in [2.24, 2.45) is 0 Å². The largest absolute Gasteiger partial charge is 0.376 e. The Bertz CT molecular complexity index is 461. The summed E-state index contributed by atoms with van der Waals surface area (Å²) in [5, 5.41) is 3.04. The van der Waals surface area contributed by atoms with Crippen LogP contribution in [-0.4, -0.2) is 29.9 Å². The average molecular weight is 264 g/mol. The van der Waals surface area contributed by atoms with Crippen LogP contribution in [0, 0.1) is 12.7 Å². The molecule has 1 aromatic carbocycles. The number of likely N-dealkylation sites (tertiary alicyclic amines) is 1. The lowest BCUT2D eigenvalue weighted by Crippen LogP contribution is -2.44. The van der Waals surface area contributed by atoms with E-state index in [0.29, 0.717) is 11.7 Å². The summed E-state index contributed by atoms with van der Waals surface area (Å²) in [6, 6.07) is 4.89. The van der Waals surface area contributed by atoms with Gasteiger partial charge in [0.1, 0.15) is 5.82 Å². The number of nitrogens with one attached hydrogen (secondary N) is 1. The number of anilines is 1. The van der Waals surface area contributed by atoms with Crippen molar-refractivity contribution in [1.82, 2.24) is 4.90 Å². The summed E-state index contributed by atoms with van der Waals surface area (Å²) in [4.78, 5) is 14.1. The Balaban J connectivity index is 1.94. The first-order valence-corrected chi connectivity index (χ1v) is 6.87.